The monoisotopic (exact) mass is 316 g/mol. The lowest BCUT2D eigenvalue weighted by Gasteiger charge is -2.30. The first-order valence-corrected chi connectivity index (χ1v) is 8.17. The van der Waals surface area contributed by atoms with Crippen molar-refractivity contribution in [2.24, 2.45) is 5.41 Å². The summed E-state index contributed by atoms with van der Waals surface area (Å²) in [5, 5.41) is 13.3. The Kier molecular flexibility index (Phi) is 5.91. The molecule has 1 aromatic heterocycles. The average Bonchev–Trinajstić information content (AvgIpc) is 2.97. The second kappa shape index (κ2) is 7.70. The van der Waals surface area contributed by atoms with Crippen LogP contribution in [-0.2, 0) is 6.54 Å². The van der Waals surface area contributed by atoms with E-state index in [-0.39, 0.29) is 12.0 Å². The molecular weight excluding hydrogens is 288 g/mol. The van der Waals surface area contributed by atoms with E-state index in [1.807, 2.05) is 0 Å². The Labute approximate surface area is 139 Å². The van der Waals surface area contributed by atoms with Gasteiger partial charge in [-0.25, -0.2) is 9.67 Å². The third-order valence-electron chi connectivity index (χ3n) is 3.66. The van der Waals surface area contributed by atoms with Crippen LogP contribution in [0.25, 0.3) is 5.69 Å². The zero-order valence-corrected chi connectivity index (χ0v) is 14.7. The van der Waals surface area contributed by atoms with Gasteiger partial charge in [0.05, 0.1) is 5.69 Å². The van der Waals surface area contributed by atoms with Gasteiger partial charge in [-0.3, -0.25) is 4.90 Å². The van der Waals surface area contributed by atoms with Crippen LogP contribution in [0, 0.1) is 12.3 Å². The van der Waals surface area contributed by atoms with Gasteiger partial charge in [0.2, 0.25) is 0 Å². The lowest BCUT2D eigenvalue weighted by molar-refractivity contribution is 0.166. The van der Waals surface area contributed by atoms with E-state index in [0.717, 1.165) is 31.7 Å². The molecule has 0 fully saturated rings. The van der Waals surface area contributed by atoms with Gasteiger partial charge in [-0.1, -0.05) is 32.9 Å². The fraction of sp³-hybridized carbons (Fsp3) is 0.556. The number of benzene rings is 1. The number of rotatable bonds is 7. The summed E-state index contributed by atoms with van der Waals surface area (Å²) < 4.78 is 1.79. The Morgan fingerprint density at radius 1 is 1.26 bits per heavy atom. The highest BCUT2D eigenvalue weighted by Crippen LogP contribution is 2.20. The largest absolute Gasteiger partial charge is 0.396 e. The molecule has 0 unspecified atom stereocenters. The number of aromatic nitrogens is 3. The predicted octanol–water partition coefficient (Wildman–Crippen LogP) is 2.81. The normalized spacial score (nSPS) is 12.1. The molecule has 126 valence electrons. The van der Waals surface area contributed by atoms with E-state index < -0.39 is 0 Å². The van der Waals surface area contributed by atoms with Crippen molar-refractivity contribution < 1.29 is 5.11 Å². The van der Waals surface area contributed by atoms with Crippen molar-refractivity contribution in [1.82, 2.24) is 19.7 Å². The van der Waals surface area contributed by atoms with Gasteiger partial charge < -0.3 is 5.11 Å². The van der Waals surface area contributed by atoms with Crippen LogP contribution in [0.1, 0.15) is 38.3 Å². The fourth-order valence-electron chi connectivity index (χ4n) is 2.84. The number of aliphatic hydroxyl groups excluding tert-OH is 1. The first kappa shape index (κ1) is 17.6. The highest BCUT2D eigenvalue weighted by atomic mass is 16.3. The summed E-state index contributed by atoms with van der Waals surface area (Å²) in [5.74, 6) is 0. The molecule has 1 aromatic carbocycles. The Morgan fingerprint density at radius 2 is 2.04 bits per heavy atom. The van der Waals surface area contributed by atoms with Crippen molar-refractivity contribution in [3.63, 3.8) is 0 Å². The summed E-state index contributed by atoms with van der Waals surface area (Å²) in [6.07, 6.45) is 4.08. The van der Waals surface area contributed by atoms with E-state index in [4.69, 9.17) is 5.11 Å². The predicted molar refractivity (Wildman–Crippen MR) is 92.5 cm³/mol. The van der Waals surface area contributed by atoms with Gasteiger partial charge in [0.25, 0.3) is 0 Å². The molecule has 0 saturated carbocycles. The Bertz CT molecular complexity index is 602. The van der Waals surface area contributed by atoms with Crippen molar-refractivity contribution in [3.05, 3.63) is 42.0 Å². The second-order valence-electron chi connectivity index (χ2n) is 7.31. The molecule has 1 N–H and O–H groups in total. The molecule has 5 nitrogen and oxygen atoms in total. The smallest absolute Gasteiger partial charge is 0.138 e. The standard InChI is InChI=1S/C18H28N4O/c1-15-10-16(6-7-17(15)22-14-19-13-20-22)11-21(8-5-9-23)12-18(2,3)4/h6-7,10,13-14,23H,5,8-9,11-12H2,1-4H3. The topological polar surface area (TPSA) is 54.2 Å². The van der Waals surface area contributed by atoms with Crippen LogP contribution in [0.3, 0.4) is 0 Å². The quantitative estimate of drug-likeness (QED) is 0.853. The third kappa shape index (κ3) is 5.44. The van der Waals surface area contributed by atoms with Crippen molar-refractivity contribution in [3.8, 4) is 5.69 Å². The van der Waals surface area contributed by atoms with Crippen LogP contribution in [0.4, 0.5) is 0 Å². The van der Waals surface area contributed by atoms with Gasteiger partial charge in [0, 0.05) is 26.2 Å². The molecule has 0 saturated heterocycles. The first-order chi connectivity index (χ1) is 10.9. The minimum absolute atomic E-state index is 0.241. The molecule has 0 amide bonds. The van der Waals surface area contributed by atoms with E-state index in [2.05, 4.69) is 60.9 Å². The number of nitrogens with zero attached hydrogens (tertiary/aromatic N) is 4. The highest BCUT2D eigenvalue weighted by molar-refractivity contribution is 5.41. The molecule has 0 aliphatic carbocycles. The minimum atomic E-state index is 0.241. The minimum Gasteiger partial charge on any atom is -0.396 e. The zero-order valence-electron chi connectivity index (χ0n) is 14.7. The number of hydrogen-bond acceptors (Lipinski definition) is 4. The lowest BCUT2D eigenvalue weighted by Crippen LogP contribution is -2.33. The molecule has 0 aliphatic heterocycles. The molecule has 1 heterocycles. The summed E-state index contributed by atoms with van der Waals surface area (Å²) in [6, 6.07) is 6.46. The lowest BCUT2D eigenvalue weighted by atomic mass is 9.95. The summed E-state index contributed by atoms with van der Waals surface area (Å²) in [5.41, 5.74) is 3.77. The summed E-state index contributed by atoms with van der Waals surface area (Å²) >= 11 is 0. The van der Waals surface area contributed by atoms with Crippen LogP contribution < -0.4 is 0 Å². The molecule has 0 bridgehead atoms. The molecule has 5 heteroatoms. The molecule has 0 aliphatic rings. The second-order valence-corrected chi connectivity index (χ2v) is 7.31. The summed E-state index contributed by atoms with van der Waals surface area (Å²) in [6.45, 7) is 11.9. The third-order valence-corrected chi connectivity index (χ3v) is 3.66. The van der Waals surface area contributed by atoms with Crippen LogP contribution in [0.2, 0.25) is 0 Å². The maximum Gasteiger partial charge on any atom is 0.138 e. The van der Waals surface area contributed by atoms with E-state index in [9.17, 15) is 0 Å². The molecule has 0 atom stereocenters. The van der Waals surface area contributed by atoms with Crippen molar-refractivity contribution in [2.75, 3.05) is 19.7 Å². The van der Waals surface area contributed by atoms with Crippen molar-refractivity contribution >= 4 is 0 Å². The average molecular weight is 316 g/mol. The van der Waals surface area contributed by atoms with Crippen LogP contribution in [0.5, 0.6) is 0 Å². The van der Waals surface area contributed by atoms with Gasteiger partial charge in [-0.2, -0.15) is 5.10 Å². The van der Waals surface area contributed by atoms with Crippen LogP contribution >= 0.6 is 0 Å². The van der Waals surface area contributed by atoms with Gasteiger partial charge >= 0.3 is 0 Å². The number of aliphatic hydroxyl groups is 1. The highest BCUT2D eigenvalue weighted by Gasteiger charge is 2.16. The fourth-order valence-corrected chi connectivity index (χ4v) is 2.84. The van der Waals surface area contributed by atoms with E-state index >= 15 is 0 Å². The number of hydrogen-bond donors (Lipinski definition) is 1. The van der Waals surface area contributed by atoms with E-state index in [1.54, 1.807) is 17.3 Å². The van der Waals surface area contributed by atoms with Gasteiger partial charge in [-0.15, -0.1) is 0 Å². The molecule has 23 heavy (non-hydrogen) atoms. The molecule has 0 radical (unpaired) electrons. The molecule has 2 rings (SSSR count). The van der Waals surface area contributed by atoms with Crippen molar-refractivity contribution in [2.45, 2.75) is 40.7 Å². The molecule has 2 aromatic rings. The van der Waals surface area contributed by atoms with Gasteiger partial charge in [-0.05, 0) is 36.0 Å². The first-order valence-electron chi connectivity index (χ1n) is 8.17. The maximum atomic E-state index is 9.12. The van der Waals surface area contributed by atoms with E-state index in [0.29, 0.717) is 0 Å². The molecular formula is C18H28N4O. The SMILES string of the molecule is Cc1cc(CN(CCCO)CC(C)(C)C)ccc1-n1cncn1. The summed E-state index contributed by atoms with van der Waals surface area (Å²) in [4.78, 5) is 6.42. The maximum absolute atomic E-state index is 9.12. The number of aryl methyl sites for hydroxylation is 1. The Morgan fingerprint density at radius 3 is 2.61 bits per heavy atom. The van der Waals surface area contributed by atoms with E-state index in [1.165, 1.54) is 11.1 Å². The zero-order chi connectivity index (χ0) is 16.9. The van der Waals surface area contributed by atoms with Gasteiger partial charge in [0.1, 0.15) is 12.7 Å². The van der Waals surface area contributed by atoms with Crippen LogP contribution in [-0.4, -0.2) is 44.5 Å². The molecule has 0 spiro atoms. The van der Waals surface area contributed by atoms with Gasteiger partial charge in [0.15, 0.2) is 0 Å². The van der Waals surface area contributed by atoms with Crippen LogP contribution in [0.15, 0.2) is 30.9 Å². The Balaban J connectivity index is 2.11. The Hall–Kier alpha value is -1.72. The summed E-state index contributed by atoms with van der Waals surface area (Å²) in [7, 11) is 0. The van der Waals surface area contributed by atoms with Crippen molar-refractivity contribution in [1.29, 1.82) is 0 Å².